The number of rotatable bonds is 3. The smallest absolute Gasteiger partial charge is 0.307 e. The molecule has 0 amide bonds. The zero-order valence-corrected chi connectivity index (χ0v) is 10.2. The van der Waals surface area contributed by atoms with Crippen molar-refractivity contribution in [2.24, 2.45) is 0 Å². The number of carbonyl (C=O) groups is 1. The normalized spacial score (nSPS) is 29.1. The van der Waals surface area contributed by atoms with Crippen molar-refractivity contribution in [1.29, 1.82) is 0 Å². The fourth-order valence-corrected chi connectivity index (χ4v) is 2.48. The number of hydrogen-bond acceptors (Lipinski definition) is 4. The summed E-state index contributed by atoms with van der Waals surface area (Å²) in [4.78, 5) is 16.0. The lowest BCUT2D eigenvalue weighted by Crippen LogP contribution is -2.56. The molecule has 0 aromatic carbocycles. The fraction of sp³-hybridized carbons (Fsp3) is 0.909. The molecule has 0 N–H and O–H groups in total. The molecule has 0 aromatic rings. The van der Waals surface area contributed by atoms with Gasteiger partial charge in [-0.25, -0.2) is 0 Å². The predicted molar refractivity (Wildman–Crippen MR) is 59.8 cm³/mol. The Balaban J connectivity index is 2.61. The van der Waals surface area contributed by atoms with E-state index in [1.807, 2.05) is 0 Å². The SMILES string of the molecule is CCN1C(C)CN(C)CC1CC(=O)OC. The second-order valence-electron chi connectivity index (χ2n) is 4.33. The van der Waals surface area contributed by atoms with E-state index in [9.17, 15) is 4.79 Å². The molecule has 0 aliphatic carbocycles. The first kappa shape index (κ1) is 12.5. The second-order valence-corrected chi connectivity index (χ2v) is 4.33. The highest BCUT2D eigenvalue weighted by molar-refractivity contribution is 5.70. The van der Waals surface area contributed by atoms with Crippen molar-refractivity contribution in [1.82, 2.24) is 9.80 Å². The molecule has 4 heteroatoms. The number of carbonyl (C=O) groups excluding carboxylic acids is 1. The molecule has 1 aliphatic heterocycles. The number of methoxy groups -OCH3 is 1. The Labute approximate surface area is 92.2 Å². The average Bonchev–Trinajstić information content (AvgIpc) is 2.17. The maximum absolute atomic E-state index is 11.3. The highest BCUT2D eigenvalue weighted by Gasteiger charge is 2.30. The van der Waals surface area contributed by atoms with Crippen LogP contribution in [0.3, 0.4) is 0 Å². The monoisotopic (exact) mass is 214 g/mol. The lowest BCUT2D eigenvalue weighted by atomic mass is 10.0. The summed E-state index contributed by atoms with van der Waals surface area (Å²) >= 11 is 0. The summed E-state index contributed by atoms with van der Waals surface area (Å²) in [5.41, 5.74) is 0. The molecule has 0 aromatic heterocycles. The minimum Gasteiger partial charge on any atom is -0.469 e. The summed E-state index contributed by atoms with van der Waals surface area (Å²) in [5.74, 6) is -0.110. The van der Waals surface area contributed by atoms with Gasteiger partial charge >= 0.3 is 5.97 Å². The van der Waals surface area contributed by atoms with Gasteiger partial charge in [0.05, 0.1) is 13.5 Å². The lowest BCUT2D eigenvalue weighted by Gasteiger charge is -2.43. The first-order chi connectivity index (χ1) is 7.08. The van der Waals surface area contributed by atoms with E-state index < -0.39 is 0 Å². The molecule has 15 heavy (non-hydrogen) atoms. The summed E-state index contributed by atoms with van der Waals surface area (Å²) in [5, 5.41) is 0. The Morgan fingerprint density at radius 1 is 1.47 bits per heavy atom. The second kappa shape index (κ2) is 5.47. The summed E-state index contributed by atoms with van der Waals surface area (Å²) in [7, 11) is 3.56. The van der Waals surface area contributed by atoms with Gasteiger partial charge in [-0.2, -0.15) is 0 Å². The third-order valence-electron chi connectivity index (χ3n) is 3.13. The molecule has 4 nitrogen and oxygen atoms in total. The zero-order valence-electron chi connectivity index (χ0n) is 10.2. The number of piperazine rings is 1. The van der Waals surface area contributed by atoms with Crippen LogP contribution in [0.15, 0.2) is 0 Å². The standard InChI is InChI=1S/C11H22N2O2/c1-5-13-9(2)7-12(3)8-10(13)6-11(14)15-4/h9-10H,5-8H2,1-4H3. The molecule has 0 bridgehead atoms. The molecule has 1 rings (SSSR count). The molecule has 0 radical (unpaired) electrons. The van der Waals surface area contributed by atoms with Crippen LogP contribution in [0, 0.1) is 0 Å². The Hall–Kier alpha value is -0.610. The van der Waals surface area contributed by atoms with E-state index in [-0.39, 0.29) is 5.97 Å². The van der Waals surface area contributed by atoms with Crippen molar-refractivity contribution in [2.45, 2.75) is 32.4 Å². The zero-order chi connectivity index (χ0) is 11.4. The van der Waals surface area contributed by atoms with Gasteiger partial charge in [0.15, 0.2) is 0 Å². The van der Waals surface area contributed by atoms with Crippen molar-refractivity contribution in [3.05, 3.63) is 0 Å². The molecule has 1 saturated heterocycles. The van der Waals surface area contributed by atoms with Crippen LogP contribution in [-0.2, 0) is 9.53 Å². The highest BCUT2D eigenvalue weighted by Crippen LogP contribution is 2.17. The van der Waals surface area contributed by atoms with E-state index in [1.54, 1.807) is 0 Å². The van der Waals surface area contributed by atoms with Crippen LogP contribution in [0.5, 0.6) is 0 Å². The third-order valence-corrected chi connectivity index (χ3v) is 3.13. The summed E-state index contributed by atoms with van der Waals surface area (Å²) in [6.07, 6.45) is 0.499. The van der Waals surface area contributed by atoms with Gasteiger partial charge in [-0.1, -0.05) is 6.92 Å². The van der Waals surface area contributed by atoms with Crippen LogP contribution in [-0.4, -0.2) is 61.6 Å². The van der Waals surface area contributed by atoms with Gasteiger partial charge < -0.3 is 9.64 Å². The van der Waals surface area contributed by atoms with Gasteiger partial charge in [0.1, 0.15) is 0 Å². The van der Waals surface area contributed by atoms with E-state index >= 15 is 0 Å². The Kier molecular flexibility index (Phi) is 4.54. The van der Waals surface area contributed by atoms with Gasteiger partial charge in [-0.3, -0.25) is 9.69 Å². The first-order valence-corrected chi connectivity index (χ1v) is 5.59. The minimum atomic E-state index is -0.110. The van der Waals surface area contributed by atoms with Crippen LogP contribution in [0.25, 0.3) is 0 Å². The van der Waals surface area contributed by atoms with Crippen molar-refractivity contribution in [3.63, 3.8) is 0 Å². The largest absolute Gasteiger partial charge is 0.469 e. The molecule has 0 spiro atoms. The topological polar surface area (TPSA) is 32.8 Å². The van der Waals surface area contributed by atoms with Crippen LogP contribution in [0.2, 0.25) is 0 Å². The molecule has 2 atom stereocenters. The van der Waals surface area contributed by atoms with Crippen molar-refractivity contribution < 1.29 is 9.53 Å². The summed E-state index contributed by atoms with van der Waals surface area (Å²) < 4.78 is 4.73. The number of hydrogen-bond donors (Lipinski definition) is 0. The van der Waals surface area contributed by atoms with Crippen LogP contribution < -0.4 is 0 Å². The quantitative estimate of drug-likeness (QED) is 0.643. The fourth-order valence-electron chi connectivity index (χ4n) is 2.48. The molecule has 1 aliphatic rings. The number of ether oxygens (including phenoxy) is 1. The van der Waals surface area contributed by atoms with Gasteiger partial charge in [0.2, 0.25) is 0 Å². The number of nitrogens with zero attached hydrogens (tertiary/aromatic N) is 2. The maximum atomic E-state index is 11.3. The Bertz CT molecular complexity index is 221. The predicted octanol–water partition coefficient (Wildman–Crippen LogP) is 0.574. The highest BCUT2D eigenvalue weighted by atomic mass is 16.5. The molecular formula is C11H22N2O2. The van der Waals surface area contributed by atoms with Gasteiger partial charge in [0.25, 0.3) is 0 Å². The summed E-state index contributed by atoms with van der Waals surface area (Å²) in [6.45, 7) is 7.38. The number of likely N-dealkylation sites (N-methyl/N-ethyl adjacent to an activating group) is 2. The maximum Gasteiger partial charge on any atom is 0.307 e. The molecule has 0 saturated carbocycles. The van der Waals surface area contributed by atoms with E-state index in [0.717, 1.165) is 19.6 Å². The third kappa shape index (κ3) is 3.18. The minimum absolute atomic E-state index is 0.110. The van der Waals surface area contributed by atoms with Crippen LogP contribution in [0.1, 0.15) is 20.3 Å². The van der Waals surface area contributed by atoms with Crippen molar-refractivity contribution in [3.8, 4) is 0 Å². The van der Waals surface area contributed by atoms with Crippen LogP contribution in [0.4, 0.5) is 0 Å². The van der Waals surface area contributed by atoms with Crippen LogP contribution >= 0.6 is 0 Å². The summed E-state index contributed by atoms with van der Waals surface area (Å²) in [6, 6.07) is 0.819. The van der Waals surface area contributed by atoms with E-state index in [0.29, 0.717) is 18.5 Å². The molecule has 88 valence electrons. The molecule has 2 unspecified atom stereocenters. The van der Waals surface area contributed by atoms with E-state index in [1.165, 1.54) is 7.11 Å². The van der Waals surface area contributed by atoms with Crippen molar-refractivity contribution in [2.75, 3.05) is 33.8 Å². The van der Waals surface area contributed by atoms with Gasteiger partial charge in [-0.15, -0.1) is 0 Å². The van der Waals surface area contributed by atoms with Gasteiger partial charge in [0, 0.05) is 25.2 Å². The first-order valence-electron chi connectivity index (χ1n) is 5.59. The van der Waals surface area contributed by atoms with E-state index in [4.69, 9.17) is 4.74 Å². The Morgan fingerprint density at radius 3 is 2.67 bits per heavy atom. The molecule has 1 fully saturated rings. The molecule has 1 heterocycles. The Morgan fingerprint density at radius 2 is 2.13 bits per heavy atom. The van der Waals surface area contributed by atoms with E-state index in [2.05, 4.69) is 30.7 Å². The van der Waals surface area contributed by atoms with Gasteiger partial charge in [-0.05, 0) is 20.5 Å². The molecular weight excluding hydrogens is 192 g/mol. The van der Waals surface area contributed by atoms with Crippen molar-refractivity contribution >= 4 is 5.97 Å². The number of esters is 1. The lowest BCUT2D eigenvalue weighted by molar-refractivity contribution is -0.143. The average molecular weight is 214 g/mol.